The van der Waals surface area contributed by atoms with Gasteiger partial charge in [0.1, 0.15) is 17.1 Å². The van der Waals surface area contributed by atoms with E-state index in [0.717, 1.165) is 27.7 Å². The first-order valence-corrected chi connectivity index (χ1v) is 7.31. The maximum absolute atomic E-state index is 11.3. The van der Waals surface area contributed by atoms with Gasteiger partial charge in [-0.25, -0.2) is 4.79 Å². The quantitative estimate of drug-likeness (QED) is 0.691. The highest BCUT2D eigenvalue weighted by molar-refractivity contribution is 6.00. The predicted molar refractivity (Wildman–Crippen MR) is 88.0 cm³/mol. The molecule has 2 aromatic carbocycles. The Hall–Kier alpha value is -2.95. The van der Waals surface area contributed by atoms with Crippen molar-refractivity contribution in [1.82, 2.24) is 4.57 Å². The minimum absolute atomic E-state index is 0.111. The van der Waals surface area contributed by atoms with Crippen molar-refractivity contribution in [3.05, 3.63) is 47.5 Å². The predicted octanol–water partition coefficient (Wildman–Crippen LogP) is 3.52. The molecular formula is C18H17NO4. The highest BCUT2D eigenvalue weighted by atomic mass is 16.4. The molecule has 23 heavy (non-hydrogen) atoms. The fraction of sp³-hybridized carbons (Fsp3) is 0.167. The molecule has 118 valence electrons. The third-order valence-corrected chi connectivity index (χ3v) is 4.13. The van der Waals surface area contributed by atoms with Crippen LogP contribution in [0.4, 0.5) is 0 Å². The Labute approximate surface area is 133 Å². The van der Waals surface area contributed by atoms with Crippen LogP contribution in [0.3, 0.4) is 0 Å². The molecular weight excluding hydrogens is 294 g/mol. The van der Waals surface area contributed by atoms with Crippen molar-refractivity contribution < 1.29 is 20.1 Å². The fourth-order valence-corrected chi connectivity index (χ4v) is 3.10. The van der Waals surface area contributed by atoms with E-state index in [0.29, 0.717) is 6.42 Å². The lowest BCUT2D eigenvalue weighted by molar-refractivity contribution is 0.0694. The number of aromatic hydroxyl groups is 2. The number of carboxylic acids is 1. The van der Waals surface area contributed by atoms with Gasteiger partial charge >= 0.3 is 5.97 Å². The lowest BCUT2D eigenvalue weighted by Crippen LogP contribution is -1.97. The number of carbonyl (C=O) groups is 1. The SMILES string of the molecule is CCc1c(-c2cccc(O)c2)n(C)c2cc(O)c(C(=O)O)cc12. The molecule has 0 spiro atoms. The molecule has 0 aliphatic carbocycles. The van der Waals surface area contributed by atoms with E-state index in [2.05, 4.69) is 0 Å². The molecule has 0 saturated heterocycles. The second kappa shape index (κ2) is 5.35. The molecule has 5 heteroatoms. The normalized spacial score (nSPS) is 11.0. The number of fused-ring (bicyclic) bond motifs is 1. The first-order chi connectivity index (χ1) is 10.9. The summed E-state index contributed by atoms with van der Waals surface area (Å²) < 4.78 is 1.91. The number of benzene rings is 2. The molecule has 3 N–H and O–H groups in total. The van der Waals surface area contributed by atoms with Crippen LogP contribution in [0.1, 0.15) is 22.8 Å². The average molecular weight is 311 g/mol. The minimum Gasteiger partial charge on any atom is -0.508 e. The second-order valence-corrected chi connectivity index (χ2v) is 5.48. The monoisotopic (exact) mass is 311 g/mol. The third kappa shape index (κ3) is 2.30. The summed E-state index contributed by atoms with van der Waals surface area (Å²) in [7, 11) is 1.86. The number of hydrogen-bond acceptors (Lipinski definition) is 3. The van der Waals surface area contributed by atoms with Crippen molar-refractivity contribution in [3.8, 4) is 22.8 Å². The molecule has 0 fully saturated rings. The number of nitrogens with zero attached hydrogens (tertiary/aromatic N) is 1. The largest absolute Gasteiger partial charge is 0.508 e. The van der Waals surface area contributed by atoms with Crippen LogP contribution in [0.15, 0.2) is 36.4 Å². The standard InChI is InChI=1S/C18H17NO4/c1-3-12-13-8-14(18(22)23)16(21)9-15(13)19(2)17(12)10-5-4-6-11(20)7-10/h4-9,20-21H,3H2,1-2H3,(H,22,23). The Kier molecular flexibility index (Phi) is 3.48. The molecule has 3 rings (SSSR count). The van der Waals surface area contributed by atoms with Gasteiger partial charge in [0.2, 0.25) is 0 Å². The zero-order valence-corrected chi connectivity index (χ0v) is 12.9. The maximum atomic E-state index is 11.3. The zero-order valence-electron chi connectivity index (χ0n) is 12.9. The first kappa shape index (κ1) is 15.0. The number of phenols is 2. The molecule has 0 bridgehead atoms. The molecule has 0 aliphatic rings. The van der Waals surface area contributed by atoms with Gasteiger partial charge in [-0.3, -0.25) is 0 Å². The Morgan fingerprint density at radius 1 is 1.17 bits per heavy atom. The summed E-state index contributed by atoms with van der Waals surface area (Å²) in [6, 6.07) is 9.92. The molecule has 3 aromatic rings. The number of rotatable bonds is 3. The highest BCUT2D eigenvalue weighted by Gasteiger charge is 2.20. The molecule has 1 heterocycles. The molecule has 0 atom stereocenters. The van der Waals surface area contributed by atoms with Gasteiger partial charge in [0.15, 0.2) is 0 Å². The molecule has 0 aliphatic heterocycles. The van der Waals surface area contributed by atoms with E-state index in [1.165, 1.54) is 12.1 Å². The summed E-state index contributed by atoms with van der Waals surface area (Å²) in [5.41, 5.74) is 3.37. The van der Waals surface area contributed by atoms with E-state index in [9.17, 15) is 20.1 Å². The number of hydrogen-bond donors (Lipinski definition) is 3. The maximum Gasteiger partial charge on any atom is 0.339 e. The van der Waals surface area contributed by atoms with Gasteiger partial charge in [0, 0.05) is 24.1 Å². The van der Waals surface area contributed by atoms with E-state index < -0.39 is 5.97 Å². The average Bonchev–Trinajstić information content (AvgIpc) is 2.78. The number of phenolic OH excluding ortho intramolecular Hbond substituents is 1. The molecule has 0 amide bonds. The Morgan fingerprint density at radius 3 is 2.52 bits per heavy atom. The van der Waals surface area contributed by atoms with Crippen molar-refractivity contribution in [1.29, 1.82) is 0 Å². The van der Waals surface area contributed by atoms with Gasteiger partial charge in [-0.2, -0.15) is 0 Å². The van der Waals surface area contributed by atoms with Crippen LogP contribution in [0.2, 0.25) is 0 Å². The van der Waals surface area contributed by atoms with Gasteiger partial charge in [-0.15, -0.1) is 0 Å². The Bertz CT molecular complexity index is 924. The van der Waals surface area contributed by atoms with Gasteiger partial charge in [-0.1, -0.05) is 19.1 Å². The molecule has 0 radical (unpaired) electrons. The summed E-state index contributed by atoms with van der Waals surface area (Å²) in [4.78, 5) is 11.3. The van der Waals surface area contributed by atoms with E-state index in [-0.39, 0.29) is 17.1 Å². The van der Waals surface area contributed by atoms with Crippen LogP contribution in [-0.2, 0) is 13.5 Å². The van der Waals surface area contributed by atoms with Crippen molar-refractivity contribution in [2.45, 2.75) is 13.3 Å². The van der Waals surface area contributed by atoms with Crippen LogP contribution in [0, 0.1) is 0 Å². The molecule has 0 unspecified atom stereocenters. The topological polar surface area (TPSA) is 82.7 Å². The number of aryl methyl sites for hydroxylation is 2. The van der Waals surface area contributed by atoms with E-state index in [1.807, 2.05) is 24.6 Å². The summed E-state index contributed by atoms with van der Waals surface area (Å²) in [6.45, 7) is 1.99. The third-order valence-electron chi connectivity index (χ3n) is 4.13. The summed E-state index contributed by atoms with van der Waals surface area (Å²) in [5.74, 6) is -1.24. The number of carboxylic acid groups (broad SMARTS) is 1. The minimum atomic E-state index is -1.16. The van der Waals surface area contributed by atoms with Crippen molar-refractivity contribution in [2.24, 2.45) is 7.05 Å². The Morgan fingerprint density at radius 2 is 1.91 bits per heavy atom. The van der Waals surface area contributed by atoms with Gasteiger partial charge in [-0.05, 0) is 30.2 Å². The van der Waals surface area contributed by atoms with Crippen LogP contribution in [0.25, 0.3) is 22.2 Å². The molecule has 1 aromatic heterocycles. The molecule has 0 saturated carbocycles. The summed E-state index contributed by atoms with van der Waals surface area (Å²) in [6.07, 6.45) is 0.701. The van der Waals surface area contributed by atoms with Crippen molar-refractivity contribution in [3.63, 3.8) is 0 Å². The lowest BCUT2D eigenvalue weighted by atomic mass is 10.0. The number of aromatic nitrogens is 1. The van der Waals surface area contributed by atoms with Crippen LogP contribution in [-0.4, -0.2) is 25.9 Å². The van der Waals surface area contributed by atoms with Gasteiger partial charge in [0.25, 0.3) is 0 Å². The smallest absolute Gasteiger partial charge is 0.339 e. The zero-order chi connectivity index (χ0) is 16.7. The highest BCUT2D eigenvalue weighted by Crippen LogP contribution is 2.37. The van der Waals surface area contributed by atoms with Gasteiger partial charge < -0.3 is 19.9 Å². The van der Waals surface area contributed by atoms with Crippen LogP contribution in [0.5, 0.6) is 11.5 Å². The number of aromatic carboxylic acids is 1. The van der Waals surface area contributed by atoms with E-state index in [1.54, 1.807) is 18.2 Å². The van der Waals surface area contributed by atoms with Crippen molar-refractivity contribution >= 4 is 16.9 Å². The summed E-state index contributed by atoms with van der Waals surface area (Å²) in [5, 5.41) is 29.7. The Balaban J connectivity index is 2.39. The van der Waals surface area contributed by atoms with E-state index in [4.69, 9.17) is 0 Å². The van der Waals surface area contributed by atoms with Crippen LogP contribution >= 0.6 is 0 Å². The van der Waals surface area contributed by atoms with Crippen molar-refractivity contribution in [2.75, 3.05) is 0 Å². The molecule has 5 nitrogen and oxygen atoms in total. The van der Waals surface area contributed by atoms with E-state index >= 15 is 0 Å². The van der Waals surface area contributed by atoms with Crippen LogP contribution < -0.4 is 0 Å². The lowest BCUT2D eigenvalue weighted by Gasteiger charge is -2.07. The first-order valence-electron chi connectivity index (χ1n) is 7.31. The van der Waals surface area contributed by atoms with Gasteiger partial charge in [0.05, 0.1) is 11.2 Å². The second-order valence-electron chi connectivity index (χ2n) is 5.48. The fourth-order valence-electron chi connectivity index (χ4n) is 3.10. The summed E-state index contributed by atoms with van der Waals surface area (Å²) >= 11 is 0.